The fraction of sp³-hybridized carbons (Fsp3) is 0.222. The molecule has 0 aliphatic rings. The molecule has 0 aliphatic carbocycles. The number of carboxylic acid groups (broad SMARTS) is 1. The third kappa shape index (κ3) is 5.18. The molecule has 2 rings (SSSR count). The van der Waals surface area contributed by atoms with Gasteiger partial charge < -0.3 is 24.7 Å². The van der Waals surface area contributed by atoms with E-state index in [1.807, 2.05) is 0 Å². The lowest BCUT2D eigenvalue weighted by Gasteiger charge is -2.20. The Labute approximate surface area is 154 Å². The van der Waals surface area contributed by atoms with Crippen molar-refractivity contribution in [3.05, 3.63) is 63.7 Å². The second kappa shape index (κ2) is 8.65. The molecule has 0 spiro atoms. The topological polar surface area (TPSA) is 131 Å². The summed E-state index contributed by atoms with van der Waals surface area (Å²) in [6, 6.07) is 8.87. The van der Waals surface area contributed by atoms with Crippen LogP contribution in [0.1, 0.15) is 28.4 Å². The van der Waals surface area contributed by atoms with Gasteiger partial charge in [-0.25, -0.2) is 0 Å². The Morgan fingerprint density at radius 1 is 1.11 bits per heavy atom. The van der Waals surface area contributed by atoms with Crippen molar-refractivity contribution in [3.63, 3.8) is 0 Å². The van der Waals surface area contributed by atoms with Crippen molar-refractivity contribution in [2.75, 3.05) is 14.2 Å². The van der Waals surface area contributed by atoms with E-state index >= 15 is 0 Å². The lowest BCUT2D eigenvalue weighted by Crippen LogP contribution is -2.34. The monoisotopic (exact) mass is 373 g/mol. The number of carbonyl (C=O) groups excluding carboxylic acids is 2. The predicted molar refractivity (Wildman–Crippen MR) is 92.5 cm³/mol. The van der Waals surface area contributed by atoms with Crippen molar-refractivity contribution in [1.29, 1.82) is 0 Å². The summed E-state index contributed by atoms with van der Waals surface area (Å²) >= 11 is 0. The molecule has 2 aromatic rings. The summed E-state index contributed by atoms with van der Waals surface area (Å²) in [5.74, 6) is -1.24. The molecule has 0 heterocycles. The zero-order chi connectivity index (χ0) is 20.0. The van der Waals surface area contributed by atoms with E-state index < -0.39 is 29.3 Å². The Kier molecular flexibility index (Phi) is 6.32. The van der Waals surface area contributed by atoms with E-state index in [1.165, 1.54) is 50.6 Å². The molecule has 0 radical (unpaired) electrons. The van der Waals surface area contributed by atoms with E-state index in [1.54, 1.807) is 6.07 Å². The zero-order valence-electron chi connectivity index (χ0n) is 14.6. The summed E-state index contributed by atoms with van der Waals surface area (Å²) in [5.41, 5.74) is 0.240. The molecule has 0 bridgehead atoms. The van der Waals surface area contributed by atoms with Gasteiger partial charge in [0.05, 0.1) is 25.2 Å². The largest absolute Gasteiger partial charge is 0.550 e. The first-order chi connectivity index (χ1) is 12.8. The quantitative estimate of drug-likeness (QED) is 0.544. The van der Waals surface area contributed by atoms with Crippen LogP contribution in [0.15, 0.2) is 42.5 Å². The number of hydrogen-bond acceptors (Lipinski definition) is 7. The normalized spacial score (nSPS) is 11.3. The van der Waals surface area contributed by atoms with Crippen molar-refractivity contribution in [3.8, 4) is 11.5 Å². The Balaban J connectivity index is 2.33. The summed E-state index contributed by atoms with van der Waals surface area (Å²) in [7, 11) is 2.86. The van der Waals surface area contributed by atoms with E-state index in [2.05, 4.69) is 5.32 Å². The van der Waals surface area contributed by atoms with E-state index in [9.17, 15) is 24.8 Å². The maximum atomic E-state index is 12.6. The van der Waals surface area contributed by atoms with Gasteiger partial charge in [-0.1, -0.05) is 12.1 Å². The van der Waals surface area contributed by atoms with Gasteiger partial charge in [-0.15, -0.1) is 0 Å². The highest BCUT2D eigenvalue weighted by Crippen LogP contribution is 2.25. The fourth-order valence-electron chi connectivity index (χ4n) is 2.45. The number of ether oxygens (including phenoxy) is 2. The highest BCUT2D eigenvalue weighted by Gasteiger charge is 2.19. The Hall–Kier alpha value is -3.62. The van der Waals surface area contributed by atoms with Crippen LogP contribution in [0.25, 0.3) is 0 Å². The summed E-state index contributed by atoms with van der Waals surface area (Å²) in [6.07, 6.45) is -0.548. The first-order valence-electron chi connectivity index (χ1n) is 7.82. The lowest BCUT2D eigenvalue weighted by molar-refractivity contribution is -0.385. The molecule has 0 unspecified atom stereocenters. The van der Waals surface area contributed by atoms with Gasteiger partial charge >= 0.3 is 0 Å². The third-order valence-corrected chi connectivity index (χ3v) is 3.77. The number of carbonyl (C=O) groups is 2. The minimum absolute atomic E-state index is 0.181. The van der Waals surface area contributed by atoms with Crippen LogP contribution in [0.4, 0.5) is 5.69 Å². The number of amides is 1. The molecular weight excluding hydrogens is 356 g/mol. The second-order valence-electron chi connectivity index (χ2n) is 5.56. The smallest absolute Gasteiger partial charge is 0.269 e. The molecule has 0 aromatic heterocycles. The van der Waals surface area contributed by atoms with Gasteiger partial charge in [0.1, 0.15) is 11.5 Å². The molecule has 27 heavy (non-hydrogen) atoms. The number of nitro benzene ring substituents is 1. The van der Waals surface area contributed by atoms with Gasteiger partial charge in [-0.3, -0.25) is 14.9 Å². The first-order valence-corrected chi connectivity index (χ1v) is 7.82. The first kappa shape index (κ1) is 19.7. The van der Waals surface area contributed by atoms with Crippen LogP contribution in [-0.2, 0) is 4.79 Å². The SMILES string of the molecule is COc1cc(OC)cc(C(=O)N[C@@H](CC(=O)[O-])c2cccc([N+](=O)[O-])c2)c1. The number of non-ortho nitro benzene ring substituents is 1. The van der Waals surface area contributed by atoms with Gasteiger partial charge in [0.25, 0.3) is 11.6 Å². The zero-order valence-corrected chi connectivity index (χ0v) is 14.6. The number of aliphatic carboxylic acids is 1. The van der Waals surface area contributed by atoms with Crippen LogP contribution in [0, 0.1) is 10.1 Å². The van der Waals surface area contributed by atoms with Crippen LogP contribution in [0.5, 0.6) is 11.5 Å². The van der Waals surface area contributed by atoms with Gasteiger partial charge in [-0.2, -0.15) is 0 Å². The van der Waals surface area contributed by atoms with Crippen molar-refractivity contribution >= 4 is 17.6 Å². The van der Waals surface area contributed by atoms with Crippen molar-refractivity contribution in [1.82, 2.24) is 5.32 Å². The molecule has 0 saturated heterocycles. The average Bonchev–Trinajstić information content (AvgIpc) is 2.66. The van der Waals surface area contributed by atoms with E-state index in [0.29, 0.717) is 11.5 Å². The molecule has 1 amide bonds. The number of nitro groups is 1. The molecule has 142 valence electrons. The molecule has 0 saturated carbocycles. The summed E-state index contributed by atoms with van der Waals surface area (Å²) < 4.78 is 10.2. The van der Waals surface area contributed by atoms with Crippen molar-refractivity contribution in [2.45, 2.75) is 12.5 Å². The minimum Gasteiger partial charge on any atom is -0.550 e. The molecule has 0 aliphatic heterocycles. The maximum absolute atomic E-state index is 12.6. The number of nitrogens with one attached hydrogen (secondary N) is 1. The highest BCUT2D eigenvalue weighted by molar-refractivity contribution is 5.95. The second-order valence-corrected chi connectivity index (χ2v) is 5.56. The number of rotatable bonds is 8. The molecular formula is C18H17N2O7-. The van der Waals surface area contributed by atoms with Gasteiger partial charge in [0.15, 0.2) is 0 Å². The van der Waals surface area contributed by atoms with Crippen LogP contribution in [-0.4, -0.2) is 31.0 Å². The predicted octanol–water partition coefficient (Wildman–Crippen LogP) is 1.22. The molecule has 1 N–H and O–H groups in total. The molecule has 9 heteroatoms. The van der Waals surface area contributed by atoms with Gasteiger partial charge in [0, 0.05) is 36.2 Å². The van der Waals surface area contributed by atoms with Gasteiger partial charge in [-0.05, 0) is 17.7 Å². The summed E-state index contributed by atoms with van der Waals surface area (Å²) in [6.45, 7) is 0. The van der Waals surface area contributed by atoms with Crippen LogP contribution >= 0.6 is 0 Å². The third-order valence-electron chi connectivity index (χ3n) is 3.77. The Morgan fingerprint density at radius 3 is 2.26 bits per heavy atom. The molecule has 0 fully saturated rings. The van der Waals surface area contributed by atoms with E-state index in [-0.39, 0.29) is 16.8 Å². The summed E-state index contributed by atoms with van der Waals surface area (Å²) in [4.78, 5) is 34.0. The Morgan fingerprint density at radius 2 is 1.74 bits per heavy atom. The minimum atomic E-state index is -1.41. The van der Waals surface area contributed by atoms with Crippen molar-refractivity contribution < 1.29 is 29.1 Å². The van der Waals surface area contributed by atoms with Crippen LogP contribution < -0.4 is 19.9 Å². The number of methoxy groups -OCH3 is 2. The highest BCUT2D eigenvalue weighted by atomic mass is 16.6. The number of benzene rings is 2. The Bertz CT molecular complexity index is 844. The molecule has 2 aromatic carbocycles. The van der Waals surface area contributed by atoms with Gasteiger partial charge in [0.2, 0.25) is 0 Å². The molecule has 1 atom stereocenters. The van der Waals surface area contributed by atoms with Crippen LogP contribution in [0.2, 0.25) is 0 Å². The number of carboxylic acids is 1. The number of nitrogens with zero attached hydrogens (tertiary/aromatic N) is 1. The fourth-order valence-corrected chi connectivity index (χ4v) is 2.45. The summed E-state index contributed by atoms with van der Waals surface area (Å²) in [5, 5.41) is 24.6. The van der Waals surface area contributed by atoms with Crippen molar-refractivity contribution in [2.24, 2.45) is 0 Å². The number of hydrogen-bond donors (Lipinski definition) is 1. The average molecular weight is 373 g/mol. The van der Waals surface area contributed by atoms with E-state index in [0.717, 1.165) is 0 Å². The standard InChI is InChI=1S/C18H18N2O7/c1-26-14-7-12(8-15(9-14)27-2)18(23)19-16(10-17(21)22)11-4-3-5-13(6-11)20(24)25/h3-9,16H,10H2,1-2H3,(H,19,23)(H,21,22)/p-1/t16-/m0/s1. The lowest BCUT2D eigenvalue weighted by atomic mass is 10.0. The molecule has 9 nitrogen and oxygen atoms in total. The maximum Gasteiger partial charge on any atom is 0.269 e. The van der Waals surface area contributed by atoms with Crippen LogP contribution in [0.3, 0.4) is 0 Å². The van der Waals surface area contributed by atoms with E-state index in [4.69, 9.17) is 9.47 Å².